The van der Waals surface area contributed by atoms with E-state index in [0.717, 1.165) is 0 Å². The first-order valence-corrected chi connectivity index (χ1v) is 7.14. The van der Waals surface area contributed by atoms with Crippen molar-refractivity contribution in [3.63, 3.8) is 0 Å². The Labute approximate surface area is 139 Å². The van der Waals surface area contributed by atoms with E-state index in [2.05, 4.69) is 0 Å². The number of carbonyl (C=O) groups is 2. The molecule has 0 aliphatic carbocycles. The van der Waals surface area contributed by atoms with Crippen molar-refractivity contribution in [1.29, 1.82) is 0 Å². The molecule has 0 spiro atoms. The van der Waals surface area contributed by atoms with Gasteiger partial charge in [-0.2, -0.15) is 0 Å². The van der Waals surface area contributed by atoms with E-state index in [4.69, 9.17) is 18.9 Å². The van der Waals surface area contributed by atoms with Crippen molar-refractivity contribution in [2.24, 2.45) is 0 Å². The zero-order chi connectivity index (χ0) is 17.7. The van der Waals surface area contributed by atoms with Gasteiger partial charge in [0.1, 0.15) is 11.3 Å². The zero-order valence-electron chi connectivity index (χ0n) is 13.9. The molecule has 126 valence electrons. The van der Waals surface area contributed by atoms with Crippen LogP contribution in [0, 0.1) is 0 Å². The quantitative estimate of drug-likeness (QED) is 0.460. The molecule has 2 rings (SSSR count). The molecule has 0 unspecified atom stereocenters. The van der Waals surface area contributed by atoms with Crippen LogP contribution in [-0.4, -0.2) is 33.1 Å². The summed E-state index contributed by atoms with van der Waals surface area (Å²) in [4.78, 5) is 23.7. The van der Waals surface area contributed by atoms with Gasteiger partial charge in [-0.1, -0.05) is 0 Å². The van der Waals surface area contributed by atoms with Gasteiger partial charge < -0.3 is 18.9 Å². The normalized spacial score (nSPS) is 10.0. The van der Waals surface area contributed by atoms with Crippen LogP contribution in [0.15, 0.2) is 36.4 Å². The summed E-state index contributed by atoms with van der Waals surface area (Å²) < 4.78 is 21.0. The van der Waals surface area contributed by atoms with Crippen LogP contribution in [-0.2, 0) is 0 Å². The van der Waals surface area contributed by atoms with Crippen LogP contribution in [0.4, 0.5) is 0 Å². The fourth-order valence-electron chi connectivity index (χ4n) is 2.18. The molecule has 0 N–H and O–H groups in total. The Kier molecular flexibility index (Phi) is 5.42. The maximum absolute atomic E-state index is 12.4. The van der Waals surface area contributed by atoms with Gasteiger partial charge in [0.2, 0.25) is 5.75 Å². The fourth-order valence-corrected chi connectivity index (χ4v) is 2.18. The van der Waals surface area contributed by atoms with E-state index in [1.54, 1.807) is 30.3 Å². The van der Waals surface area contributed by atoms with Gasteiger partial charge in [0.25, 0.3) is 0 Å². The lowest BCUT2D eigenvalue weighted by Gasteiger charge is -2.15. The van der Waals surface area contributed by atoms with Crippen molar-refractivity contribution in [1.82, 2.24) is 0 Å². The van der Waals surface area contributed by atoms with E-state index in [1.165, 1.54) is 34.3 Å². The molecule has 0 saturated carbocycles. The number of hydrogen-bond acceptors (Lipinski definition) is 6. The summed E-state index contributed by atoms with van der Waals surface area (Å²) >= 11 is 0. The second kappa shape index (κ2) is 7.50. The summed E-state index contributed by atoms with van der Waals surface area (Å²) in [6, 6.07) is 9.43. The van der Waals surface area contributed by atoms with Crippen LogP contribution < -0.4 is 18.9 Å². The lowest BCUT2D eigenvalue weighted by Crippen LogP contribution is -2.11. The average Bonchev–Trinajstić information content (AvgIpc) is 2.60. The van der Waals surface area contributed by atoms with E-state index in [1.807, 2.05) is 0 Å². The van der Waals surface area contributed by atoms with Crippen molar-refractivity contribution in [2.45, 2.75) is 6.92 Å². The number of ketones is 1. The van der Waals surface area contributed by atoms with Crippen LogP contribution in [0.3, 0.4) is 0 Å². The minimum Gasteiger partial charge on any atom is -0.493 e. The summed E-state index contributed by atoms with van der Waals surface area (Å²) in [5.41, 5.74) is 0.740. The Balaban J connectivity index is 2.31. The molecule has 2 aromatic carbocycles. The summed E-state index contributed by atoms with van der Waals surface area (Å²) in [6.07, 6.45) is 0. The van der Waals surface area contributed by atoms with Crippen LogP contribution in [0.1, 0.15) is 27.6 Å². The Bertz CT molecular complexity index is 749. The van der Waals surface area contributed by atoms with Gasteiger partial charge in [0.15, 0.2) is 17.3 Å². The minimum atomic E-state index is -0.608. The van der Waals surface area contributed by atoms with Gasteiger partial charge in [0, 0.05) is 5.56 Å². The Morgan fingerprint density at radius 2 is 1.42 bits per heavy atom. The molecule has 0 saturated heterocycles. The highest BCUT2D eigenvalue weighted by Crippen LogP contribution is 2.40. The molecule has 24 heavy (non-hydrogen) atoms. The van der Waals surface area contributed by atoms with Crippen molar-refractivity contribution >= 4 is 11.8 Å². The molecule has 0 bridgehead atoms. The number of methoxy groups -OCH3 is 3. The average molecular weight is 330 g/mol. The van der Waals surface area contributed by atoms with Gasteiger partial charge in [-0.3, -0.25) is 4.79 Å². The lowest BCUT2D eigenvalue weighted by atomic mass is 10.1. The SMILES string of the molecule is COc1ccc(C(=O)Oc2ccc(C(C)=O)cc2)c(OC)c1OC. The molecule has 0 aliphatic heterocycles. The smallest absolute Gasteiger partial charge is 0.347 e. The summed E-state index contributed by atoms with van der Waals surface area (Å²) in [5.74, 6) is 0.625. The number of esters is 1. The van der Waals surface area contributed by atoms with Crippen LogP contribution in [0.25, 0.3) is 0 Å². The Morgan fingerprint density at radius 3 is 1.92 bits per heavy atom. The summed E-state index contributed by atoms with van der Waals surface area (Å²) in [7, 11) is 4.37. The molecule has 0 aliphatic rings. The third-order valence-electron chi connectivity index (χ3n) is 3.40. The molecule has 0 atom stereocenters. The van der Waals surface area contributed by atoms with E-state index < -0.39 is 5.97 Å². The second-order valence-corrected chi connectivity index (χ2v) is 4.85. The zero-order valence-corrected chi connectivity index (χ0v) is 13.9. The summed E-state index contributed by atoms with van der Waals surface area (Å²) in [5, 5.41) is 0. The number of hydrogen-bond donors (Lipinski definition) is 0. The first-order valence-electron chi connectivity index (χ1n) is 7.14. The number of Topliss-reactive ketones (excluding diaryl/α,β-unsaturated/α-hetero) is 1. The number of carbonyl (C=O) groups excluding carboxylic acids is 2. The highest BCUT2D eigenvalue weighted by molar-refractivity contribution is 5.96. The van der Waals surface area contributed by atoms with Crippen molar-refractivity contribution in [3.05, 3.63) is 47.5 Å². The molecular formula is C18H18O6. The second-order valence-electron chi connectivity index (χ2n) is 4.85. The van der Waals surface area contributed by atoms with Crippen LogP contribution in [0.5, 0.6) is 23.0 Å². The van der Waals surface area contributed by atoms with Crippen LogP contribution >= 0.6 is 0 Å². The van der Waals surface area contributed by atoms with E-state index in [9.17, 15) is 9.59 Å². The third kappa shape index (κ3) is 3.48. The molecule has 0 radical (unpaired) electrons. The fraction of sp³-hybridized carbons (Fsp3) is 0.222. The van der Waals surface area contributed by atoms with Crippen molar-refractivity contribution in [2.75, 3.05) is 21.3 Å². The number of benzene rings is 2. The molecule has 0 aromatic heterocycles. The van der Waals surface area contributed by atoms with Crippen molar-refractivity contribution in [3.8, 4) is 23.0 Å². The maximum Gasteiger partial charge on any atom is 0.347 e. The van der Waals surface area contributed by atoms with Gasteiger partial charge in [-0.15, -0.1) is 0 Å². The first kappa shape index (κ1) is 17.3. The number of ether oxygens (including phenoxy) is 4. The van der Waals surface area contributed by atoms with Crippen molar-refractivity contribution < 1.29 is 28.5 Å². The Morgan fingerprint density at radius 1 is 0.792 bits per heavy atom. The molecule has 2 aromatic rings. The summed E-state index contributed by atoms with van der Waals surface area (Å²) in [6.45, 7) is 1.47. The molecule has 0 fully saturated rings. The largest absolute Gasteiger partial charge is 0.493 e. The Hall–Kier alpha value is -3.02. The predicted molar refractivity (Wildman–Crippen MR) is 87.5 cm³/mol. The maximum atomic E-state index is 12.4. The molecule has 0 amide bonds. The van der Waals surface area contributed by atoms with Crippen LogP contribution in [0.2, 0.25) is 0 Å². The van der Waals surface area contributed by atoms with E-state index >= 15 is 0 Å². The van der Waals surface area contributed by atoms with Gasteiger partial charge >= 0.3 is 5.97 Å². The molecule has 6 heteroatoms. The lowest BCUT2D eigenvalue weighted by molar-refractivity contribution is 0.0730. The molecular weight excluding hydrogens is 312 g/mol. The van der Waals surface area contributed by atoms with E-state index in [0.29, 0.717) is 22.8 Å². The molecule has 6 nitrogen and oxygen atoms in total. The minimum absolute atomic E-state index is 0.0607. The van der Waals surface area contributed by atoms with Gasteiger partial charge in [0.05, 0.1) is 21.3 Å². The van der Waals surface area contributed by atoms with Gasteiger partial charge in [-0.25, -0.2) is 4.79 Å². The van der Waals surface area contributed by atoms with E-state index in [-0.39, 0.29) is 17.1 Å². The van der Waals surface area contributed by atoms with Gasteiger partial charge in [-0.05, 0) is 43.3 Å². The topological polar surface area (TPSA) is 71.1 Å². The molecule has 0 heterocycles. The standard InChI is InChI=1S/C18H18O6/c1-11(19)12-5-7-13(8-6-12)24-18(20)14-9-10-15(21-2)17(23-4)16(14)22-3/h5-10H,1-4H3. The monoisotopic (exact) mass is 330 g/mol. The number of rotatable bonds is 6. The third-order valence-corrected chi connectivity index (χ3v) is 3.40. The highest BCUT2D eigenvalue weighted by Gasteiger charge is 2.22. The highest BCUT2D eigenvalue weighted by atomic mass is 16.5. The first-order chi connectivity index (χ1) is 11.5. The predicted octanol–water partition coefficient (Wildman–Crippen LogP) is 3.13.